The van der Waals surface area contributed by atoms with Gasteiger partial charge in [0, 0.05) is 18.9 Å². The van der Waals surface area contributed by atoms with E-state index in [2.05, 4.69) is 36.2 Å². The van der Waals surface area contributed by atoms with Gasteiger partial charge >= 0.3 is 5.97 Å². The number of pyridine rings is 1. The van der Waals surface area contributed by atoms with E-state index in [9.17, 15) is 4.79 Å². The van der Waals surface area contributed by atoms with Crippen molar-refractivity contribution in [2.45, 2.75) is 50.9 Å². The Kier molecular flexibility index (Phi) is 6.94. The van der Waals surface area contributed by atoms with Crippen molar-refractivity contribution in [2.75, 3.05) is 27.1 Å². The molecule has 4 fully saturated rings. The number of allylic oxidation sites excluding steroid dienone is 1. The van der Waals surface area contributed by atoms with Crippen molar-refractivity contribution in [3.63, 3.8) is 0 Å². The normalized spacial score (nSPS) is 27.3. The summed E-state index contributed by atoms with van der Waals surface area (Å²) in [6.07, 6.45) is 11.6. The van der Waals surface area contributed by atoms with Crippen LogP contribution in [0.2, 0.25) is 0 Å². The minimum atomic E-state index is -1.01. The molecular weight excluding hydrogens is 442 g/mol. The quantitative estimate of drug-likeness (QED) is 0.344. The molecule has 4 saturated carbocycles. The first kappa shape index (κ1) is 24.0. The first-order chi connectivity index (χ1) is 17.0. The number of hydrogen-bond donors (Lipinski definition) is 1. The van der Waals surface area contributed by atoms with Crippen LogP contribution in [0.15, 0.2) is 36.5 Å². The highest BCUT2D eigenvalue weighted by Crippen LogP contribution is 2.62. The lowest BCUT2D eigenvalue weighted by Gasteiger charge is -2.57. The van der Waals surface area contributed by atoms with Gasteiger partial charge in [0.15, 0.2) is 6.79 Å². The molecule has 0 saturated heterocycles. The lowest BCUT2D eigenvalue weighted by molar-refractivity contribution is -0.0189. The van der Waals surface area contributed by atoms with Gasteiger partial charge in [-0.05, 0) is 110 Å². The Bertz CT molecular complexity index is 1060. The highest BCUT2D eigenvalue weighted by atomic mass is 16.7. The molecule has 6 heteroatoms. The largest absolute Gasteiger partial charge is 0.477 e. The van der Waals surface area contributed by atoms with Gasteiger partial charge in [-0.3, -0.25) is 0 Å². The van der Waals surface area contributed by atoms with E-state index >= 15 is 0 Å². The van der Waals surface area contributed by atoms with Gasteiger partial charge in [0.2, 0.25) is 0 Å². The maximum atomic E-state index is 11.1. The third kappa shape index (κ3) is 5.14. The summed E-state index contributed by atoms with van der Waals surface area (Å²) in [6.45, 7) is 3.38. The Morgan fingerprint density at radius 3 is 2.40 bits per heavy atom. The SMILES string of the molecule is COCCOCOc1ccc(/C(C)=C\c2ccc(C(=O)O)nc2)cc1C12CC3CC(CC(C3)C1)C2. The van der Waals surface area contributed by atoms with Crippen LogP contribution >= 0.6 is 0 Å². The van der Waals surface area contributed by atoms with Crippen LogP contribution < -0.4 is 4.74 Å². The fourth-order valence-corrected chi connectivity index (χ4v) is 7.01. The Labute approximate surface area is 207 Å². The maximum absolute atomic E-state index is 11.1. The van der Waals surface area contributed by atoms with E-state index in [1.165, 1.54) is 44.1 Å². The van der Waals surface area contributed by atoms with E-state index in [1.807, 2.05) is 0 Å². The molecule has 1 heterocycles. The summed E-state index contributed by atoms with van der Waals surface area (Å²) in [5.41, 5.74) is 4.73. The molecule has 0 unspecified atom stereocenters. The van der Waals surface area contributed by atoms with E-state index in [1.54, 1.807) is 25.4 Å². The zero-order chi connectivity index (χ0) is 24.4. The molecule has 1 aromatic heterocycles. The third-order valence-corrected chi connectivity index (χ3v) is 8.16. The fourth-order valence-electron chi connectivity index (χ4n) is 7.01. The number of rotatable bonds is 10. The van der Waals surface area contributed by atoms with E-state index in [0.717, 1.165) is 40.2 Å². The summed E-state index contributed by atoms with van der Waals surface area (Å²) in [5, 5.41) is 9.11. The summed E-state index contributed by atoms with van der Waals surface area (Å²) < 4.78 is 16.9. The summed E-state index contributed by atoms with van der Waals surface area (Å²) in [7, 11) is 1.67. The van der Waals surface area contributed by atoms with Crippen molar-refractivity contribution in [3.8, 4) is 5.75 Å². The van der Waals surface area contributed by atoms with Gasteiger partial charge in [0.1, 0.15) is 11.4 Å². The van der Waals surface area contributed by atoms with E-state index in [-0.39, 0.29) is 17.9 Å². The standard InChI is InChI=1S/C29H35NO5/c1-19(9-20-3-5-26(28(31)32)30-17-20)24-4-6-27(35-18-34-8-7-33-2)25(13-24)29-14-21-10-22(15-29)12-23(11-21)16-29/h3-6,9,13,17,21-23H,7-8,10-12,14-16,18H2,1-2H3,(H,31,32)/b19-9-. The highest BCUT2D eigenvalue weighted by molar-refractivity contribution is 5.86. The molecule has 4 aliphatic carbocycles. The molecule has 6 nitrogen and oxygen atoms in total. The Hall–Kier alpha value is -2.70. The maximum Gasteiger partial charge on any atom is 0.354 e. The number of benzene rings is 1. The molecule has 35 heavy (non-hydrogen) atoms. The molecule has 1 N–H and O–H groups in total. The van der Waals surface area contributed by atoms with E-state index in [0.29, 0.717) is 13.2 Å². The minimum absolute atomic E-state index is 0.0538. The predicted octanol–water partition coefficient (Wildman–Crippen LogP) is 5.81. The van der Waals surface area contributed by atoms with Crippen molar-refractivity contribution >= 4 is 17.6 Å². The van der Waals surface area contributed by atoms with Crippen molar-refractivity contribution < 1.29 is 24.1 Å². The smallest absolute Gasteiger partial charge is 0.354 e. The van der Waals surface area contributed by atoms with Crippen LogP contribution in [0.25, 0.3) is 11.6 Å². The monoisotopic (exact) mass is 477 g/mol. The van der Waals surface area contributed by atoms with Gasteiger partial charge in [-0.15, -0.1) is 0 Å². The first-order valence-electron chi connectivity index (χ1n) is 12.7. The first-order valence-corrected chi connectivity index (χ1v) is 12.7. The Morgan fingerprint density at radius 1 is 1.09 bits per heavy atom. The number of aromatic carboxylic acids is 1. The van der Waals surface area contributed by atoms with Gasteiger partial charge in [-0.25, -0.2) is 9.78 Å². The topological polar surface area (TPSA) is 77.9 Å². The predicted molar refractivity (Wildman–Crippen MR) is 134 cm³/mol. The molecule has 6 rings (SSSR count). The molecule has 4 bridgehead atoms. The van der Waals surface area contributed by atoms with E-state index < -0.39 is 5.97 Å². The number of ether oxygens (including phenoxy) is 3. The van der Waals surface area contributed by atoms with Gasteiger partial charge in [-0.1, -0.05) is 12.1 Å². The summed E-state index contributed by atoms with van der Waals surface area (Å²) in [6, 6.07) is 9.89. The summed E-state index contributed by atoms with van der Waals surface area (Å²) in [4.78, 5) is 15.2. The van der Waals surface area contributed by atoms with Crippen LogP contribution in [0.5, 0.6) is 5.75 Å². The highest BCUT2D eigenvalue weighted by Gasteiger charge is 2.52. The average molecular weight is 478 g/mol. The number of aromatic nitrogens is 1. The Balaban J connectivity index is 1.44. The van der Waals surface area contributed by atoms with Crippen molar-refractivity contribution in [1.29, 1.82) is 0 Å². The molecule has 0 radical (unpaired) electrons. The molecule has 186 valence electrons. The molecule has 0 aliphatic heterocycles. The number of carboxylic acids is 1. The zero-order valence-corrected chi connectivity index (χ0v) is 20.7. The second-order valence-corrected chi connectivity index (χ2v) is 10.7. The molecular formula is C29H35NO5. The third-order valence-electron chi connectivity index (χ3n) is 8.16. The van der Waals surface area contributed by atoms with Gasteiger partial charge in [0.05, 0.1) is 13.2 Å². The van der Waals surface area contributed by atoms with Crippen LogP contribution in [-0.2, 0) is 14.9 Å². The van der Waals surface area contributed by atoms with Gasteiger partial charge in [0.25, 0.3) is 0 Å². The summed E-state index contributed by atoms with van der Waals surface area (Å²) in [5.74, 6) is 2.44. The van der Waals surface area contributed by atoms with Crippen LogP contribution in [0, 0.1) is 17.8 Å². The van der Waals surface area contributed by atoms with Gasteiger partial charge < -0.3 is 19.3 Å². The van der Waals surface area contributed by atoms with Crippen molar-refractivity contribution in [3.05, 3.63) is 58.9 Å². The van der Waals surface area contributed by atoms with Gasteiger partial charge in [-0.2, -0.15) is 0 Å². The molecule has 1 aromatic carbocycles. The molecule has 2 aromatic rings. The van der Waals surface area contributed by atoms with Crippen LogP contribution in [0.1, 0.15) is 72.6 Å². The molecule has 0 spiro atoms. The molecule has 0 atom stereocenters. The second-order valence-electron chi connectivity index (χ2n) is 10.7. The fraction of sp³-hybridized carbons (Fsp3) is 0.517. The second kappa shape index (κ2) is 10.1. The number of nitrogens with zero attached hydrogens (tertiary/aromatic N) is 1. The lowest BCUT2D eigenvalue weighted by atomic mass is 9.48. The van der Waals surface area contributed by atoms with Crippen molar-refractivity contribution in [2.24, 2.45) is 17.8 Å². The lowest BCUT2D eigenvalue weighted by Crippen LogP contribution is -2.48. The van der Waals surface area contributed by atoms with E-state index in [4.69, 9.17) is 19.3 Å². The minimum Gasteiger partial charge on any atom is -0.477 e. The number of carbonyl (C=O) groups is 1. The van der Waals surface area contributed by atoms with Crippen LogP contribution in [0.3, 0.4) is 0 Å². The summed E-state index contributed by atoms with van der Waals surface area (Å²) >= 11 is 0. The average Bonchev–Trinajstić information content (AvgIpc) is 2.83. The number of hydrogen-bond acceptors (Lipinski definition) is 5. The molecule has 4 aliphatic rings. The number of carboxylic acid groups (broad SMARTS) is 1. The Morgan fingerprint density at radius 2 is 1.80 bits per heavy atom. The molecule has 0 amide bonds. The van der Waals surface area contributed by atoms with Crippen molar-refractivity contribution in [1.82, 2.24) is 4.98 Å². The van der Waals surface area contributed by atoms with Crippen LogP contribution in [0.4, 0.5) is 0 Å². The zero-order valence-electron chi connectivity index (χ0n) is 20.7. The number of methoxy groups -OCH3 is 1. The van der Waals surface area contributed by atoms with Crippen LogP contribution in [-0.4, -0.2) is 43.2 Å².